The summed E-state index contributed by atoms with van der Waals surface area (Å²) in [6.45, 7) is 10.7. The molecule has 0 atom stereocenters. The van der Waals surface area contributed by atoms with Crippen LogP contribution in [0.4, 0.5) is 0 Å². The molecule has 112 valence electrons. The van der Waals surface area contributed by atoms with Gasteiger partial charge in [-0.05, 0) is 18.1 Å². The largest absolute Gasteiger partial charge is 0.463 e. The van der Waals surface area contributed by atoms with Crippen molar-refractivity contribution in [2.75, 3.05) is 39.8 Å². The maximum atomic E-state index is 11.3. The monoisotopic (exact) mass is 280 g/mol. The summed E-state index contributed by atoms with van der Waals surface area (Å²) in [4.78, 5) is 16.2. The second kappa shape index (κ2) is 6.90. The number of hydrogen-bond acceptors (Lipinski definition) is 5. The average molecular weight is 280 g/mol. The lowest BCUT2D eigenvalue weighted by molar-refractivity contribution is 0.0559. The van der Waals surface area contributed by atoms with Gasteiger partial charge < -0.3 is 14.1 Å². The van der Waals surface area contributed by atoms with Crippen LogP contribution in [0.1, 0.15) is 30.2 Å². The molecule has 1 fully saturated rings. The Labute approximate surface area is 120 Å². The quantitative estimate of drug-likeness (QED) is 0.770. The van der Waals surface area contributed by atoms with E-state index in [2.05, 4.69) is 28.4 Å². The molecule has 0 N–H and O–H groups in total. The molecule has 0 unspecified atom stereocenters. The smallest absolute Gasteiger partial charge is 0.373 e. The molecule has 1 saturated heterocycles. The van der Waals surface area contributed by atoms with E-state index in [4.69, 9.17) is 4.42 Å². The highest BCUT2D eigenvalue weighted by Crippen LogP contribution is 2.13. The molecular weight excluding hydrogens is 256 g/mol. The van der Waals surface area contributed by atoms with E-state index in [0.717, 1.165) is 38.5 Å². The summed E-state index contributed by atoms with van der Waals surface area (Å²) in [5.74, 6) is 1.40. The summed E-state index contributed by atoms with van der Waals surface area (Å²) in [7, 11) is 1.36. The van der Waals surface area contributed by atoms with Gasteiger partial charge in [-0.2, -0.15) is 0 Å². The molecule has 0 aromatic carbocycles. The van der Waals surface area contributed by atoms with Gasteiger partial charge in [-0.3, -0.25) is 4.90 Å². The summed E-state index contributed by atoms with van der Waals surface area (Å²) in [5.41, 5.74) is 0. The first-order valence-corrected chi connectivity index (χ1v) is 7.20. The zero-order valence-corrected chi connectivity index (χ0v) is 12.6. The van der Waals surface area contributed by atoms with Crippen molar-refractivity contribution < 1.29 is 13.9 Å². The van der Waals surface area contributed by atoms with E-state index in [-0.39, 0.29) is 5.76 Å². The molecule has 0 bridgehead atoms. The Balaban J connectivity index is 1.80. The number of nitrogens with zero attached hydrogens (tertiary/aromatic N) is 2. The molecule has 2 rings (SSSR count). The van der Waals surface area contributed by atoms with Crippen LogP contribution in [-0.2, 0) is 11.3 Å². The zero-order valence-electron chi connectivity index (χ0n) is 12.6. The van der Waals surface area contributed by atoms with Gasteiger partial charge in [0.25, 0.3) is 0 Å². The van der Waals surface area contributed by atoms with Crippen LogP contribution in [0.15, 0.2) is 16.5 Å². The molecule has 2 heterocycles. The summed E-state index contributed by atoms with van der Waals surface area (Å²) < 4.78 is 10.1. The highest BCUT2D eigenvalue weighted by atomic mass is 16.5. The molecule has 20 heavy (non-hydrogen) atoms. The van der Waals surface area contributed by atoms with Crippen molar-refractivity contribution >= 4 is 5.97 Å². The highest BCUT2D eigenvalue weighted by Gasteiger charge is 2.19. The van der Waals surface area contributed by atoms with Gasteiger partial charge in [0.15, 0.2) is 0 Å². The van der Waals surface area contributed by atoms with E-state index in [1.807, 2.05) is 6.07 Å². The van der Waals surface area contributed by atoms with E-state index in [9.17, 15) is 4.79 Å². The van der Waals surface area contributed by atoms with Gasteiger partial charge in [-0.1, -0.05) is 13.8 Å². The van der Waals surface area contributed by atoms with E-state index in [0.29, 0.717) is 5.92 Å². The van der Waals surface area contributed by atoms with Crippen LogP contribution in [0, 0.1) is 5.92 Å². The van der Waals surface area contributed by atoms with Crippen LogP contribution in [0.3, 0.4) is 0 Å². The first kappa shape index (κ1) is 15.1. The van der Waals surface area contributed by atoms with Crippen LogP contribution >= 0.6 is 0 Å². The van der Waals surface area contributed by atoms with Gasteiger partial charge in [0.2, 0.25) is 5.76 Å². The Morgan fingerprint density at radius 3 is 2.50 bits per heavy atom. The van der Waals surface area contributed by atoms with Crippen LogP contribution in [-0.4, -0.2) is 55.6 Å². The molecule has 0 spiro atoms. The molecule has 1 aromatic rings. The topological polar surface area (TPSA) is 45.9 Å². The third-order valence-electron chi connectivity index (χ3n) is 3.52. The summed E-state index contributed by atoms with van der Waals surface area (Å²) in [6, 6.07) is 3.53. The number of hydrogen-bond donors (Lipinski definition) is 0. The fraction of sp³-hybridized carbons (Fsp3) is 0.667. The van der Waals surface area contributed by atoms with Gasteiger partial charge in [0, 0.05) is 32.7 Å². The van der Waals surface area contributed by atoms with Crippen molar-refractivity contribution in [2.45, 2.75) is 20.4 Å². The molecule has 0 radical (unpaired) electrons. The van der Waals surface area contributed by atoms with Gasteiger partial charge >= 0.3 is 5.97 Å². The third kappa shape index (κ3) is 4.08. The Hall–Kier alpha value is -1.33. The molecule has 1 aliphatic rings. The molecule has 5 heteroatoms. The predicted molar refractivity (Wildman–Crippen MR) is 76.6 cm³/mol. The number of methoxy groups -OCH3 is 1. The standard InChI is InChI=1S/C15H24N2O3/c1-12(2)10-16-6-8-17(9-7-16)11-13-4-5-14(20-13)15(18)19-3/h4-5,12H,6-11H2,1-3H3. The molecule has 5 nitrogen and oxygen atoms in total. The van der Waals surface area contributed by atoms with Crippen LogP contribution < -0.4 is 0 Å². The average Bonchev–Trinajstić information content (AvgIpc) is 2.88. The SMILES string of the molecule is COC(=O)c1ccc(CN2CCN(CC(C)C)CC2)o1. The molecular formula is C15H24N2O3. The molecule has 1 aliphatic heterocycles. The first-order valence-electron chi connectivity index (χ1n) is 7.20. The lowest BCUT2D eigenvalue weighted by Crippen LogP contribution is -2.46. The second-order valence-corrected chi connectivity index (χ2v) is 5.73. The van der Waals surface area contributed by atoms with Gasteiger partial charge in [-0.15, -0.1) is 0 Å². The number of furan rings is 1. The maximum Gasteiger partial charge on any atom is 0.373 e. The Morgan fingerprint density at radius 1 is 1.25 bits per heavy atom. The van der Waals surface area contributed by atoms with Crippen molar-refractivity contribution in [3.05, 3.63) is 23.7 Å². The van der Waals surface area contributed by atoms with Gasteiger partial charge in [-0.25, -0.2) is 4.79 Å². The van der Waals surface area contributed by atoms with Crippen molar-refractivity contribution in [3.63, 3.8) is 0 Å². The Kier molecular flexibility index (Phi) is 5.20. The molecule has 0 amide bonds. The number of rotatable bonds is 5. The van der Waals surface area contributed by atoms with Crippen molar-refractivity contribution in [3.8, 4) is 0 Å². The summed E-state index contributed by atoms with van der Waals surface area (Å²) in [6.07, 6.45) is 0. The van der Waals surface area contributed by atoms with Gasteiger partial charge in [0.05, 0.1) is 13.7 Å². The number of carbonyl (C=O) groups excluding carboxylic acids is 1. The zero-order chi connectivity index (χ0) is 14.5. The number of piperazine rings is 1. The Bertz CT molecular complexity index is 434. The lowest BCUT2D eigenvalue weighted by atomic mass is 10.2. The van der Waals surface area contributed by atoms with E-state index in [1.165, 1.54) is 13.7 Å². The molecule has 1 aromatic heterocycles. The van der Waals surface area contributed by atoms with Gasteiger partial charge in [0.1, 0.15) is 5.76 Å². The van der Waals surface area contributed by atoms with Crippen LogP contribution in [0.25, 0.3) is 0 Å². The fourth-order valence-electron chi connectivity index (χ4n) is 2.54. The fourth-order valence-corrected chi connectivity index (χ4v) is 2.54. The predicted octanol–water partition coefficient (Wildman–Crippen LogP) is 1.84. The van der Waals surface area contributed by atoms with E-state index >= 15 is 0 Å². The minimum Gasteiger partial charge on any atom is -0.463 e. The van der Waals surface area contributed by atoms with Crippen molar-refractivity contribution in [1.82, 2.24) is 9.80 Å². The number of carbonyl (C=O) groups is 1. The van der Waals surface area contributed by atoms with Crippen molar-refractivity contribution in [1.29, 1.82) is 0 Å². The highest BCUT2D eigenvalue weighted by molar-refractivity contribution is 5.86. The number of ether oxygens (including phenoxy) is 1. The number of esters is 1. The summed E-state index contributed by atoms with van der Waals surface area (Å²) >= 11 is 0. The van der Waals surface area contributed by atoms with Crippen LogP contribution in [0.5, 0.6) is 0 Å². The lowest BCUT2D eigenvalue weighted by Gasteiger charge is -2.35. The Morgan fingerprint density at radius 2 is 1.90 bits per heavy atom. The molecule has 0 aliphatic carbocycles. The second-order valence-electron chi connectivity index (χ2n) is 5.73. The first-order chi connectivity index (χ1) is 9.58. The third-order valence-corrected chi connectivity index (χ3v) is 3.52. The normalized spacial score (nSPS) is 17.6. The van der Waals surface area contributed by atoms with Crippen LogP contribution in [0.2, 0.25) is 0 Å². The minimum atomic E-state index is -0.419. The van der Waals surface area contributed by atoms with E-state index in [1.54, 1.807) is 6.07 Å². The summed E-state index contributed by atoms with van der Waals surface area (Å²) in [5, 5.41) is 0. The van der Waals surface area contributed by atoms with Crippen molar-refractivity contribution in [2.24, 2.45) is 5.92 Å². The van der Waals surface area contributed by atoms with E-state index < -0.39 is 5.97 Å². The minimum absolute atomic E-state index is 0.279. The maximum absolute atomic E-state index is 11.3. The molecule has 0 saturated carbocycles.